The lowest BCUT2D eigenvalue weighted by Crippen LogP contribution is -2.19. The van der Waals surface area contributed by atoms with Crippen LogP contribution < -0.4 is 16.0 Å². The molecule has 0 fully saturated rings. The molecule has 4 rings (SSSR count). The first kappa shape index (κ1) is 22.4. The van der Waals surface area contributed by atoms with Gasteiger partial charge in [-0.05, 0) is 67.9 Å². The summed E-state index contributed by atoms with van der Waals surface area (Å²) in [4.78, 5) is 24.7. The van der Waals surface area contributed by atoms with Gasteiger partial charge in [0.05, 0.1) is 0 Å². The Morgan fingerprint density at radius 3 is 2.09 bits per heavy atom. The highest BCUT2D eigenvalue weighted by Crippen LogP contribution is 2.26. The fourth-order valence-electron chi connectivity index (χ4n) is 2.91. The molecule has 4 aromatic rings. The second kappa shape index (κ2) is 9.81. The summed E-state index contributed by atoms with van der Waals surface area (Å²) in [6.45, 7) is 3.88. The number of hydrogen-bond acceptors (Lipinski definition) is 5. The summed E-state index contributed by atoms with van der Waals surface area (Å²) in [6.07, 6.45) is 0. The molecule has 3 amide bonds. The third-order valence-electron chi connectivity index (χ3n) is 4.75. The SMILES string of the molecule is Cc1ccc(NC(=O)c2nnc(-c3ccc(NC(=O)Nc4ccc(C)c(Cl)c4)cc3)s2)cc1. The van der Waals surface area contributed by atoms with E-state index in [-0.39, 0.29) is 16.9 Å². The molecule has 7 nitrogen and oxygen atoms in total. The number of urea groups is 1. The Labute approximate surface area is 199 Å². The molecular weight excluding hydrogens is 458 g/mol. The summed E-state index contributed by atoms with van der Waals surface area (Å²) < 4.78 is 0. The minimum Gasteiger partial charge on any atom is -0.320 e. The lowest BCUT2D eigenvalue weighted by molar-refractivity contribution is 0.102. The van der Waals surface area contributed by atoms with Crippen LogP contribution in [0, 0.1) is 13.8 Å². The van der Waals surface area contributed by atoms with Crippen LogP contribution in [0.1, 0.15) is 20.9 Å². The van der Waals surface area contributed by atoms with Crippen LogP contribution in [0.2, 0.25) is 5.02 Å². The molecule has 1 aromatic heterocycles. The van der Waals surface area contributed by atoms with Crippen LogP contribution in [0.15, 0.2) is 66.7 Å². The largest absolute Gasteiger partial charge is 0.323 e. The van der Waals surface area contributed by atoms with E-state index >= 15 is 0 Å². The molecule has 0 unspecified atom stereocenters. The van der Waals surface area contributed by atoms with Gasteiger partial charge in [0, 0.05) is 27.6 Å². The molecule has 166 valence electrons. The number of anilines is 3. The van der Waals surface area contributed by atoms with E-state index in [1.165, 1.54) is 11.3 Å². The summed E-state index contributed by atoms with van der Waals surface area (Å²) in [5, 5.41) is 17.9. The Hall–Kier alpha value is -3.75. The van der Waals surface area contributed by atoms with E-state index in [1.54, 1.807) is 36.4 Å². The molecular formula is C24H20ClN5O2S. The van der Waals surface area contributed by atoms with Crippen molar-refractivity contribution in [2.75, 3.05) is 16.0 Å². The van der Waals surface area contributed by atoms with Gasteiger partial charge >= 0.3 is 6.03 Å². The molecule has 9 heteroatoms. The number of rotatable bonds is 5. The van der Waals surface area contributed by atoms with Crippen molar-refractivity contribution in [3.63, 3.8) is 0 Å². The van der Waals surface area contributed by atoms with Crippen LogP contribution in [-0.2, 0) is 0 Å². The van der Waals surface area contributed by atoms with E-state index in [0.29, 0.717) is 27.1 Å². The molecule has 0 aliphatic rings. The molecule has 1 heterocycles. The number of aryl methyl sites for hydroxylation is 2. The highest BCUT2D eigenvalue weighted by Gasteiger charge is 2.14. The van der Waals surface area contributed by atoms with Crippen LogP contribution in [0.5, 0.6) is 0 Å². The Kier molecular flexibility index (Phi) is 6.67. The lowest BCUT2D eigenvalue weighted by Gasteiger charge is -2.09. The zero-order valence-corrected chi connectivity index (χ0v) is 19.4. The highest BCUT2D eigenvalue weighted by atomic mass is 35.5. The molecule has 33 heavy (non-hydrogen) atoms. The van der Waals surface area contributed by atoms with Gasteiger partial charge in [0.25, 0.3) is 5.91 Å². The number of amides is 3. The van der Waals surface area contributed by atoms with Crippen molar-refractivity contribution in [1.29, 1.82) is 0 Å². The maximum atomic E-state index is 12.4. The quantitative estimate of drug-likeness (QED) is 0.311. The van der Waals surface area contributed by atoms with Gasteiger partial charge in [0.2, 0.25) is 5.01 Å². The second-order valence-electron chi connectivity index (χ2n) is 7.35. The molecule has 0 saturated carbocycles. The molecule has 0 saturated heterocycles. The van der Waals surface area contributed by atoms with Crippen molar-refractivity contribution in [2.45, 2.75) is 13.8 Å². The summed E-state index contributed by atoms with van der Waals surface area (Å²) in [5.41, 5.74) is 4.75. The first-order valence-corrected chi connectivity index (χ1v) is 11.2. The number of hydrogen-bond donors (Lipinski definition) is 3. The van der Waals surface area contributed by atoms with Gasteiger partial charge in [-0.3, -0.25) is 4.79 Å². The topological polar surface area (TPSA) is 96.0 Å². The van der Waals surface area contributed by atoms with Crippen molar-refractivity contribution in [3.05, 3.63) is 87.9 Å². The van der Waals surface area contributed by atoms with Crippen molar-refractivity contribution in [3.8, 4) is 10.6 Å². The second-order valence-corrected chi connectivity index (χ2v) is 8.74. The van der Waals surface area contributed by atoms with Gasteiger partial charge in [-0.1, -0.05) is 46.7 Å². The summed E-state index contributed by atoms with van der Waals surface area (Å²) in [7, 11) is 0. The van der Waals surface area contributed by atoms with Crippen molar-refractivity contribution in [2.24, 2.45) is 0 Å². The maximum Gasteiger partial charge on any atom is 0.323 e. The van der Waals surface area contributed by atoms with Crippen LogP contribution in [-0.4, -0.2) is 22.1 Å². The Balaban J connectivity index is 1.37. The maximum absolute atomic E-state index is 12.4. The predicted octanol–water partition coefficient (Wildman–Crippen LogP) is 6.37. The predicted molar refractivity (Wildman–Crippen MR) is 133 cm³/mol. The fourth-order valence-corrected chi connectivity index (χ4v) is 3.84. The van der Waals surface area contributed by atoms with Gasteiger partial charge in [-0.25, -0.2) is 4.79 Å². The average Bonchev–Trinajstić information content (AvgIpc) is 3.29. The standard InChI is InChI=1S/C24H20ClN5O2S/c1-14-3-8-17(9-4-14)26-21(31)23-30-29-22(33-23)16-6-11-18(12-7-16)27-24(32)28-19-10-5-15(2)20(25)13-19/h3-13H,1-2H3,(H,26,31)(H2,27,28,32). The average molecular weight is 478 g/mol. The first-order chi connectivity index (χ1) is 15.9. The number of benzene rings is 3. The number of halogens is 1. The van der Waals surface area contributed by atoms with Crippen LogP contribution in [0.25, 0.3) is 10.6 Å². The van der Waals surface area contributed by atoms with Crippen molar-refractivity contribution < 1.29 is 9.59 Å². The Morgan fingerprint density at radius 1 is 0.788 bits per heavy atom. The minimum absolute atomic E-state index is 0.268. The van der Waals surface area contributed by atoms with E-state index in [0.717, 1.165) is 16.7 Å². The number of carbonyl (C=O) groups is 2. The highest BCUT2D eigenvalue weighted by molar-refractivity contribution is 7.16. The molecule has 0 aliphatic carbocycles. The Bertz CT molecular complexity index is 1300. The minimum atomic E-state index is -0.381. The van der Waals surface area contributed by atoms with E-state index in [9.17, 15) is 9.59 Å². The van der Waals surface area contributed by atoms with Crippen LogP contribution in [0.4, 0.5) is 21.9 Å². The first-order valence-electron chi connectivity index (χ1n) is 10.0. The lowest BCUT2D eigenvalue weighted by atomic mass is 10.2. The molecule has 0 bridgehead atoms. The smallest absolute Gasteiger partial charge is 0.320 e. The van der Waals surface area contributed by atoms with E-state index in [1.807, 2.05) is 44.2 Å². The summed E-state index contributed by atoms with van der Waals surface area (Å²) in [6, 6.07) is 19.6. The Morgan fingerprint density at radius 2 is 1.39 bits per heavy atom. The molecule has 0 atom stereocenters. The molecule has 0 spiro atoms. The zero-order chi connectivity index (χ0) is 23.4. The third kappa shape index (κ3) is 5.74. The van der Waals surface area contributed by atoms with Crippen molar-refractivity contribution >= 4 is 51.9 Å². The van der Waals surface area contributed by atoms with Gasteiger partial charge in [-0.15, -0.1) is 10.2 Å². The normalized spacial score (nSPS) is 10.5. The van der Waals surface area contributed by atoms with Crippen LogP contribution >= 0.6 is 22.9 Å². The number of nitrogens with one attached hydrogen (secondary N) is 3. The van der Waals surface area contributed by atoms with Crippen LogP contribution in [0.3, 0.4) is 0 Å². The molecule has 0 aliphatic heterocycles. The van der Waals surface area contributed by atoms with E-state index in [4.69, 9.17) is 11.6 Å². The van der Waals surface area contributed by atoms with Gasteiger partial charge in [0.1, 0.15) is 5.01 Å². The summed E-state index contributed by atoms with van der Waals surface area (Å²) >= 11 is 7.29. The number of nitrogens with zero attached hydrogens (tertiary/aromatic N) is 2. The third-order valence-corrected chi connectivity index (χ3v) is 6.13. The zero-order valence-electron chi connectivity index (χ0n) is 17.8. The molecule has 0 radical (unpaired) electrons. The molecule has 3 aromatic carbocycles. The van der Waals surface area contributed by atoms with E-state index in [2.05, 4.69) is 26.1 Å². The van der Waals surface area contributed by atoms with Gasteiger partial charge in [0.15, 0.2) is 0 Å². The number of carbonyl (C=O) groups excluding carboxylic acids is 2. The fraction of sp³-hybridized carbons (Fsp3) is 0.0833. The summed E-state index contributed by atoms with van der Waals surface area (Å²) in [5.74, 6) is -0.311. The van der Waals surface area contributed by atoms with Gasteiger partial charge in [-0.2, -0.15) is 0 Å². The van der Waals surface area contributed by atoms with E-state index < -0.39 is 0 Å². The van der Waals surface area contributed by atoms with Crippen molar-refractivity contribution in [1.82, 2.24) is 10.2 Å². The number of aromatic nitrogens is 2. The monoisotopic (exact) mass is 477 g/mol. The molecule has 3 N–H and O–H groups in total. The van der Waals surface area contributed by atoms with Gasteiger partial charge < -0.3 is 16.0 Å².